The maximum atomic E-state index is 11.6. The predicted octanol–water partition coefficient (Wildman–Crippen LogP) is -0.267. The molecule has 0 aromatic rings. The van der Waals surface area contributed by atoms with Crippen LogP contribution < -0.4 is 11.1 Å². The van der Waals surface area contributed by atoms with Gasteiger partial charge in [-0.25, -0.2) is 0 Å². The molecule has 0 spiro atoms. The molecule has 0 aromatic carbocycles. The highest BCUT2D eigenvalue weighted by Crippen LogP contribution is 2.06. The molecule has 2 atom stereocenters. The molecule has 0 rings (SSSR count). The van der Waals surface area contributed by atoms with Crippen LogP contribution in [0.2, 0.25) is 0 Å². The Balaban J connectivity index is 4.35. The lowest BCUT2D eigenvalue weighted by atomic mass is 10.0. The molecule has 0 aromatic heterocycles. The number of carbonyl (C=O) groups excluding carboxylic acids is 3. The highest BCUT2D eigenvalue weighted by Gasteiger charge is 2.23. The Bertz CT molecular complexity index is 315. The molecule has 0 fully saturated rings. The van der Waals surface area contributed by atoms with Gasteiger partial charge in [0.05, 0.1) is 0 Å². The zero-order valence-corrected chi connectivity index (χ0v) is 11.1. The maximum absolute atomic E-state index is 11.6. The number of carbonyl (C=O) groups is 3. The third kappa shape index (κ3) is 7.01. The summed E-state index contributed by atoms with van der Waals surface area (Å²) < 4.78 is 0. The molecule has 4 N–H and O–H groups in total. The van der Waals surface area contributed by atoms with Crippen LogP contribution >= 0.6 is 0 Å². The lowest BCUT2D eigenvalue weighted by Crippen LogP contribution is -2.48. The van der Waals surface area contributed by atoms with E-state index in [0.29, 0.717) is 6.42 Å². The highest BCUT2D eigenvalue weighted by molar-refractivity contribution is 5.88. The number of hydrogen-bond donors (Lipinski definition) is 3. The summed E-state index contributed by atoms with van der Waals surface area (Å²) in [4.78, 5) is 33.5. The number of amides is 2. The maximum Gasteiger partial charge on any atom is 0.249 e. The first kappa shape index (κ1) is 16.6. The Hall–Kier alpha value is -1.43. The Morgan fingerprint density at radius 2 is 1.83 bits per heavy atom. The Labute approximate surface area is 107 Å². The van der Waals surface area contributed by atoms with Crippen LogP contribution in [-0.4, -0.2) is 34.8 Å². The molecule has 18 heavy (non-hydrogen) atoms. The van der Waals surface area contributed by atoms with E-state index >= 15 is 0 Å². The molecule has 2 amide bonds. The van der Waals surface area contributed by atoms with Gasteiger partial charge >= 0.3 is 0 Å². The molecule has 0 radical (unpaired) electrons. The molecule has 6 heteroatoms. The molecule has 104 valence electrons. The molecular weight excluding hydrogens is 236 g/mol. The van der Waals surface area contributed by atoms with Crippen LogP contribution in [0.25, 0.3) is 0 Å². The van der Waals surface area contributed by atoms with Gasteiger partial charge in [-0.1, -0.05) is 13.8 Å². The van der Waals surface area contributed by atoms with Gasteiger partial charge in [-0.15, -0.1) is 0 Å². The fourth-order valence-corrected chi connectivity index (χ4v) is 1.45. The number of nitrogens with one attached hydrogen (secondary N) is 1. The van der Waals surface area contributed by atoms with E-state index in [-0.39, 0.29) is 24.5 Å². The molecule has 0 aliphatic carbocycles. The van der Waals surface area contributed by atoms with Gasteiger partial charge in [0.15, 0.2) is 0 Å². The van der Waals surface area contributed by atoms with E-state index in [1.165, 1.54) is 6.92 Å². The molecular formula is C12H22N2O4. The minimum Gasteiger partial charge on any atom is -0.383 e. The second-order valence-corrected chi connectivity index (χ2v) is 4.85. The van der Waals surface area contributed by atoms with Crippen LogP contribution in [0.5, 0.6) is 0 Å². The van der Waals surface area contributed by atoms with Crippen molar-refractivity contribution in [3.05, 3.63) is 0 Å². The number of nitrogens with two attached hydrogens (primary N) is 1. The normalized spacial score (nSPS) is 14.1. The molecule has 0 aliphatic rings. The van der Waals surface area contributed by atoms with Crippen LogP contribution in [0.1, 0.15) is 40.0 Å². The van der Waals surface area contributed by atoms with Crippen LogP contribution in [0.3, 0.4) is 0 Å². The summed E-state index contributed by atoms with van der Waals surface area (Å²) in [7, 11) is 0. The number of rotatable bonds is 8. The summed E-state index contributed by atoms with van der Waals surface area (Å²) in [5, 5.41) is 11.9. The van der Waals surface area contributed by atoms with Crippen molar-refractivity contribution in [2.24, 2.45) is 11.7 Å². The van der Waals surface area contributed by atoms with E-state index in [0.717, 1.165) is 0 Å². The first-order chi connectivity index (χ1) is 8.23. The molecule has 0 saturated carbocycles. The summed E-state index contributed by atoms with van der Waals surface area (Å²) in [6.45, 7) is 5.14. The van der Waals surface area contributed by atoms with Gasteiger partial charge in [-0.2, -0.15) is 0 Å². The number of aliphatic hydroxyl groups excluding tert-OH is 1. The number of hydrogen-bond acceptors (Lipinski definition) is 4. The Kier molecular flexibility index (Phi) is 7.19. The Morgan fingerprint density at radius 3 is 2.22 bits per heavy atom. The van der Waals surface area contributed by atoms with Gasteiger partial charge in [-0.05, 0) is 25.7 Å². The largest absolute Gasteiger partial charge is 0.383 e. The van der Waals surface area contributed by atoms with Crippen molar-refractivity contribution >= 4 is 17.6 Å². The van der Waals surface area contributed by atoms with Crippen molar-refractivity contribution in [1.29, 1.82) is 0 Å². The summed E-state index contributed by atoms with van der Waals surface area (Å²) in [6.07, 6.45) is -0.535. The SMILES string of the molecule is CC(=O)CC[C@@H](NC(=O)[C@H](O)CC(C)C)C(N)=O. The molecule has 0 saturated heterocycles. The van der Waals surface area contributed by atoms with E-state index in [2.05, 4.69) is 5.32 Å². The third-order valence-electron chi connectivity index (χ3n) is 2.44. The van der Waals surface area contributed by atoms with E-state index in [1.807, 2.05) is 13.8 Å². The summed E-state index contributed by atoms with van der Waals surface area (Å²) >= 11 is 0. The topological polar surface area (TPSA) is 109 Å². The van der Waals surface area contributed by atoms with Crippen molar-refractivity contribution in [2.75, 3.05) is 0 Å². The van der Waals surface area contributed by atoms with Crippen LogP contribution in [-0.2, 0) is 14.4 Å². The van der Waals surface area contributed by atoms with Crippen LogP contribution in [0.4, 0.5) is 0 Å². The lowest BCUT2D eigenvalue weighted by Gasteiger charge is -2.18. The molecule has 0 aliphatic heterocycles. The number of aliphatic hydroxyl groups is 1. The number of primary amides is 1. The minimum absolute atomic E-state index is 0.0850. The van der Waals surface area contributed by atoms with Crippen molar-refractivity contribution in [2.45, 2.75) is 52.2 Å². The van der Waals surface area contributed by atoms with E-state index in [4.69, 9.17) is 5.73 Å². The molecule has 0 heterocycles. The van der Waals surface area contributed by atoms with Gasteiger partial charge in [0.2, 0.25) is 11.8 Å². The van der Waals surface area contributed by atoms with E-state index < -0.39 is 24.0 Å². The number of ketones is 1. The molecule has 0 unspecified atom stereocenters. The van der Waals surface area contributed by atoms with Crippen molar-refractivity contribution < 1.29 is 19.5 Å². The minimum atomic E-state index is -1.16. The molecule has 0 bridgehead atoms. The molecule has 6 nitrogen and oxygen atoms in total. The zero-order chi connectivity index (χ0) is 14.3. The second kappa shape index (κ2) is 7.81. The average Bonchev–Trinajstić information content (AvgIpc) is 2.21. The summed E-state index contributed by atoms with van der Waals surface area (Å²) in [5.41, 5.74) is 5.13. The Morgan fingerprint density at radius 1 is 1.28 bits per heavy atom. The van der Waals surface area contributed by atoms with Gasteiger partial charge in [-0.3, -0.25) is 9.59 Å². The van der Waals surface area contributed by atoms with Crippen molar-refractivity contribution in [3.8, 4) is 0 Å². The predicted molar refractivity (Wildman–Crippen MR) is 66.5 cm³/mol. The van der Waals surface area contributed by atoms with E-state index in [1.54, 1.807) is 0 Å². The van der Waals surface area contributed by atoms with Crippen LogP contribution in [0.15, 0.2) is 0 Å². The smallest absolute Gasteiger partial charge is 0.249 e. The average molecular weight is 258 g/mol. The van der Waals surface area contributed by atoms with Gasteiger partial charge in [0.25, 0.3) is 0 Å². The highest BCUT2D eigenvalue weighted by atomic mass is 16.3. The van der Waals surface area contributed by atoms with Crippen molar-refractivity contribution in [3.63, 3.8) is 0 Å². The van der Waals surface area contributed by atoms with E-state index in [9.17, 15) is 19.5 Å². The van der Waals surface area contributed by atoms with Crippen LogP contribution in [0, 0.1) is 5.92 Å². The summed E-state index contributed by atoms with van der Waals surface area (Å²) in [6, 6.07) is -0.914. The third-order valence-corrected chi connectivity index (χ3v) is 2.44. The first-order valence-electron chi connectivity index (χ1n) is 6.01. The lowest BCUT2D eigenvalue weighted by molar-refractivity contribution is -0.134. The fourth-order valence-electron chi connectivity index (χ4n) is 1.45. The fraction of sp³-hybridized carbons (Fsp3) is 0.750. The van der Waals surface area contributed by atoms with Gasteiger partial charge in [0.1, 0.15) is 17.9 Å². The number of Topliss-reactive ketones (excluding diaryl/α,β-unsaturated/α-hetero) is 1. The van der Waals surface area contributed by atoms with Gasteiger partial charge < -0.3 is 21.0 Å². The first-order valence-corrected chi connectivity index (χ1v) is 6.01. The second-order valence-electron chi connectivity index (χ2n) is 4.85. The zero-order valence-electron chi connectivity index (χ0n) is 11.1. The standard InChI is InChI=1S/C12H22N2O4/c1-7(2)6-10(16)12(18)14-9(11(13)17)5-4-8(3)15/h7,9-10,16H,4-6H2,1-3H3,(H2,13,17)(H,14,18)/t9-,10-/m1/s1. The quantitative estimate of drug-likeness (QED) is 0.556. The monoisotopic (exact) mass is 258 g/mol. The van der Waals surface area contributed by atoms with Gasteiger partial charge in [0, 0.05) is 6.42 Å². The van der Waals surface area contributed by atoms with Crippen molar-refractivity contribution in [1.82, 2.24) is 5.32 Å². The summed E-state index contributed by atoms with van der Waals surface area (Å²) in [5.74, 6) is -1.26.